The van der Waals surface area contributed by atoms with Gasteiger partial charge in [0.15, 0.2) is 11.5 Å². The summed E-state index contributed by atoms with van der Waals surface area (Å²) in [5, 5.41) is 10.1. The van der Waals surface area contributed by atoms with Crippen molar-refractivity contribution in [1.29, 1.82) is 0 Å². The Balaban J connectivity index is 0.00000225. The molecule has 1 N–H and O–H groups in total. The summed E-state index contributed by atoms with van der Waals surface area (Å²) in [6, 6.07) is 6.13. The van der Waals surface area contributed by atoms with Crippen molar-refractivity contribution in [3.63, 3.8) is 0 Å². The second-order valence-electron chi connectivity index (χ2n) is 7.91. The fourth-order valence-electron chi connectivity index (χ4n) is 4.77. The second kappa shape index (κ2) is 8.70. The maximum Gasteiger partial charge on any atom is 0.249 e. The fraction of sp³-hybridized carbons (Fsp3) is 0.619. The van der Waals surface area contributed by atoms with Gasteiger partial charge in [0.2, 0.25) is 5.91 Å². The summed E-state index contributed by atoms with van der Waals surface area (Å²) in [7, 11) is 3.29. The third-order valence-electron chi connectivity index (χ3n) is 6.33. The van der Waals surface area contributed by atoms with Crippen LogP contribution >= 0.6 is 12.4 Å². The first-order valence-corrected chi connectivity index (χ1v) is 10.0. The van der Waals surface area contributed by atoms with Crippen LogP contribution < -0.4 is 14.8 Å². The summed E-state index contributed by atoms with van der Waals surface area (Å²) in [4.78, 5) is 13.4. The molecule has 6 nitrogen and oxygen atoms in total. The van der Waals surface area contributed by atoms with E-state index in [2.05, 4.69) is 5.32 Å². The third-order valence-corrected chi connectivity index (χ3v) is 6.33. The molecule has 3 aliphatic rings. The van der Waals surface area contributed by atoms with Gasteiger partial charge in [0.1, 0.15) is 0 Å². The lowest BCUT2D eigenvalue weighted by Gasteiger charge is -2.41. The van der Waals surface area contributed by atoms with Gasteiger partial charge in [-0.15, -0.1) is 12.4 Å². The lowest BCUT2D eigenvalue weighted by atomic mass is 9.77. The second-order valence-corrected chi connectivity index (χ2v) is 7.91. The van der Waals surface area contributed by atoms with E-state index in [-0.39, 0.29) is 29.8 Å². The van der Waals surface area contributed by atoms with Crippen LogP contribution in [0.25, 0.3) is 0 Å². The first kappa shape index (κ1) is 20.9. The van der Waals surface area contributed by atoms with Crippen LogP contribution in [0.2, 0.25) is 0 Å². The van der Waals surface area contributed by atoms with E-state index in [1.54, 1.807) is 14.2 Å². The summed E-state index contributed by atoms with van der Waals surface area (Å²) in [6.07, 6.45) is 6.85. The standard InChI is InChI=1S/C21H29N3O3.ClH/c1-26-18-6-5-15(13-19(18)27-2)17-14-21(9-3-4-10-21)20(25)24(23-17)16-7-11-22-12-8-16;/h5-6,13,16,22H,3-4,7-12,14H2,1-2H3;1H. The Morgan fingerprint density at radius 1 is 1.11 bits per heavy atom. The number of amides is 1. The number of ether oxygens (including phenoxy) is 2. The number of carbonyl (C=O) groups is 1. The highest BCUT2D eigenvalue weighted by Gasteiger charge is 2.49. The van der Waals surface area contributed by atoms with Gasteiger partial charge in [0.05, 0.1) is 31.4 Å². The minimum Gasteiger partial charge on any atom is -0.493 e. The molecule has 154 valence electrons. The molecule has 4 rings (SSSR count). The molecule has 1 aliphatic carbocycles. The number of benzene rings is 1. The SMILES string of the molecule is COc1ccc(C2=NN(C3CCNCC3)C(=O)C3(CCCC3)C2)cc1OC.Cl. The molecule has 1 amide bonds. The number of nitrogens with one attached hydrogen (secondary N) is 1. The van der Waals surface area contributed by atoms with Gasteiger partial charge in [-0.2, -0.15) is 5.10 Å². The summed E-state index contributed by atoms with van der Waals surface area (Å²) in [5.41, 5.74) is 1.75. The van der Waals surface area contributed by atoms with E-state index >= 15 is 0 Å². The van der Waals surface area contributed by atoms with Crippen molar-refractivity contribution in [3.8, 4) is 11.5 Å². The van der Waals surface area contributed by atoms with Crippen LogP contribution in [0.5, 0.6) is 11.5 Å². The Morgan fingerprint density at radius 3 is 2.43 bits per heavy atom. The van der Waals surface area contributed by atoms with Gasteiger partial charge in [-0.25, -0.2) is 5.01 Å². The Kier molecular flexibility index (Phi) is 6.50. The van der Waals surface area contributed by atoms with Crippen LogP contribution in [-0.2, 0) is 4.79 Å². The minimum atomic E-state index is -0.269. The first-order valence-electron chi connectivity index (χ1n) is 10.0. The lowest BCUT2D eigenvalue weighted by Crippen LogP contribution is -2.52. The number of carbonyl (C=O) groups excluding carboxylic acids is 1. The molecule has 2 fully saturated rings. The number of piperidine rings is 1. The van der Waals surface area contributed by atoms with Crippen LogP contribution in [0.15, 0.2) is 23.3 Å². The Morgan fingerprint density at radius 2 is 1.79 bits per heavy atom. The molecule has 7 heteroatoms. The molecular formula is C21H30ClN3O3. The van der Waals surface area contributed by atoms with Gasteiger partial charge in [-0.3, -0.25) is 4.79 Å². The molecular weight excluding hydrogens is 378 g/mol. The molecule has 28 heavy (non-hydrogen) atoms. The van der Waals surface area contributed by atoms with Gasteiger partial charge in [-0.1, -0.05) is 12.8 Å². The normalized spacial score (nSPS) is 22.0. The molecule has 1 saturated carbocycles. The van der Waals surface area contributed by atoms with Crippen molar-refractivity contribution in [2.24, 2.45) is 10.5 Å². The van der Waals surface area contributed by atoms with E-state index in [0.717, 1.165) is 69.3 Å². The molecule has 0 aromatic heterocycles. The van der Waals surface area contributed by atoms with E-state index < -0.39 is 0 Å². The quantitative estimate of drug-likeness (QED) is 0.831. The first-order chi connectivity index (χ1) is 13.2. The Bertz CT molecular complexity index is 740. The number of hydrazone groups is 1. The molecule has 2 heterocycles. The number of hydrogen-bond acceptors (Lipinski definition) is 5. The zero-order chi connectivity index (χ0) is 18.9. The van der Waals surface area contributed by atoms with Crippen molar-refractivity contribution in [2.75, 3.05) is 27.3 Å². The summed E-state index contributed by atoms with van der Waals surface area (Å²) < 4.78 is 10.8. The molecule has 0 unspecified atom stereocenters. The van der Waals surface area contributed by atoms with Crippen molar-refractivity contribution in [1.82, 2.24) is 10.3 Å². The molecule has 1 aromatic carbocycles. The predicted molar refractivity (Wildman–Crippen MR) is 112 cm³/mol. The Hall–Kier alpha value is -1.79. The van der Waals surface area contributed by atoms with Crippen LogP contribution in [0, 0.1) is 5.41 Å². The Labute approximate surface area is 173 Å². The van der Waals surface area contributed by atoms with Crippen LogP contribution in [0.3, 0.4) is 0 Å². The molecule has 0 atom stereocenters. The summed E-state index contributed by atoms with van der Waals surface area (Å²) in [5.74, 6) is 1.65. The number of nitrogens with zero attached hydrogens (tertiary/aromatic N) is 2. The number of hydrogen-bond donors (Lipinski definition) is 1. The maximum atomic E-state index is 13.4. The number of halogens is 1. The van der Waals surface area contributed by atoms with Crippen LogP contribution in [0.4, 0.5) is 0 Å². The lowest BCUT2D eigenvalue weighted by molar-refractivity contribution is -0.146. The monoisotopic (exact) mass is 407 g/mol. The zero-order valence-electron chi connectivity index (χ0n) is 16.7. The average molecular weight is 408 g/mol. The minimum absolute atomic E-state index is 0. The van der Waals surface area contributed by atoms with Crippen molar-refractivity contribution < 1.29 is 14.3 Å². The smallest absolute Gasteiger partial charge is 0.249 e. The van der Waals surface area contributed by atoms with Crippen molar-refractivity contribution in [2.45, 2.75) is 51.0 Å². The van der Waals surface area contributed by atoms with Gasteiger partial charge in [-0.05, 0) is 57.0 Å². The van der Waals surface area contributed by atoms with E-state index in [1.165, 1.54) is 0 Å². The van der Waals surface area contributed by atoms with Crippen molar-refractivity contribution >= 4 is 24.0 Å². The highest BCUT2D eigenvalue weighted by atomic mass is 35.5. The van der Waals surface area contributed by atoms with Crippen LogP contribution in [0.1, 0.15) is 50.5 Å². The van der Waals surface area contributed by atoms with Gasteiger partial charge in [0.25, 0.3) is 0 Å². The summed E-state index contributed by atoms with van der Waals surface area (Å²) >= 11 is 0. The zero-order valence-corrected chi connectivity index (χ0v) is 17.5. The molecule has 0 bridgehead atoms. The molecule has 0 radical (unpaired) electrons. The number of rotatable bonds is 4. The largest absolute Gasteiger partial charge is 0.493 e. The number of methoxy groups -OCH3 is 2. The third kappa shape index (κ3) is 3.72. The molecule has 1 spiro atoms. The average Bonchev–Trinajstić information content (AvgIpc) is 3.19. The maximum absolute atomic E-state index is 13.4. The van der Waals surface area contributed by atoms with Gasteiger partial charge >= 0.3 is 0 Å². The summed E-state index contributed by atoms with van der Waals surface area (Å²) in [6.45, 7) is 1.89. The molecule has 1 aromatic rings. The van der Waals surface area contributed by atoms with Crippen molar-refractivity contribution in [3.05, 3.63) is 23.8 Å². The highest BCUT2D eigenvalue weighted by Crippen LogP contribution is 2.46. The highest BCUT2D eigenvalue weighted by molar-refractivity contribution is 6.06. The van der Waals surface area contributed by atoms with E-state index in [9.17, 15) is 4.79 Å². The van der Waals surface area contributed by atoms with E-state index in [1.807, 2.05) is 23.2 Å². The molecule has 2 aliphatic heterocycles. The fourth-order valence-corrected chi connectivity index (χ4v) is 4.77. The van der Waals surface area contributed by atoms with Gasteiger partial charge in [0, 0.05) is 12.0 Å². The van der Waals surface area contributed by atoms with Crippen LogP contribution in [-0.4, -0.2) is 50.0 Å². The van der Waals surface area contributed by atoms with Gasteiger partial charge < -0.3 is 14.8 Å². The van der Waals surface area contributed by atoms with E-state index in [0.29, 0.717) is 11.5 Å². The van der Waals surface area contributed by atoms with E-state index in [4.69, 9.17) is 14.6 Å². The predicted octanol–water partition coefficient (Wildman–Crippen LogP) is 3.37. The topological polar surface area (TPSA) is 63.2 Å². The molecule has 1 saturated heterocycles.